The summed E-state index contributed by atoms with van der Waals surface area (Å²) in [5.41, 5.74) is 0.575. The van der Waals surface area contributed by atoms with Crippen LogP contribution in [0.5, 0.6) is 11.6 Å². The number of aromatic nitrogens is 1. The summed E-state index contributed by atoms with van der Waals surface area (Å²) in [6.45, 7) is -0.835. The number of benzene rings is 1. The van der Waals surface area contributed by atoms with E-state index < -0.39 is 12.5 Å². The summed E-state index contributed by atoms with van der Waals surface area (Å²) < 4.78 is 33.9. The molecule has 1 amide bonds. The average Bonchev–Trinajstić information content (AvgIpc) is 2.50. The van der Waals surface area contributed by atoms with Crippen molar-refractivity contribution >= 4 is 23.2 Å². The van der Waals surface area contributed by atoms with Crippen LogP contribution in [0.2, 0.25) is 5.02 Å². The number of anilines is 1. The number of rotatable bonds is 6. The minimum atomic E-state index is -2.97. The molecule has 0 spiro atoms. The molecule has 5 nitrogen and oxygen atoms in total. The maximum absolute atomic E-state index is 12.3. The fraction of sp³-hybridized carbons (Fsp3) is 0.200. The van der Waals surface area contributed by atoms with Crippen LogP contribution in [0.25, 0.3) is 0 Å². The SMILES string of the molecule is CCOc1ncccc1C(=O)Nc1ccc(OC(F)F)c(Cl)c1. The van der Waals surface area contributed by atoms with Crippen LogP contribution in [0.3, 0.4) is 0 Å². The molecule has 0 aliphatic carbocycles. The summed E-state index contributed by atoms with van der Waals surface area (Å²) in [6.07, 6.45) is 1.51. The molecule has 0 radical (unpaired) electrons. The molecule has 0 saturated heterocycles. The van der Waals surface area contributed by atoms with Crippen molar-refractivity contribution in [3.63, 3.8) is 0 Å². The van der Waals surface area contributed by atoms with Gasteiger partial charge in [0.05, 0.1) is 11.6 Å². The maximum Gasteiger partial charge on any atom is 0.387 e. The Morgan fingerprint density at radius 1 is 1.39 bits per heavy atom. The lowest BCUT2D eigenvalue weighted by Gasteiger charge is -2.11. The van der Waals surface area contributed by atoms with Gasteiger partial charge in [0.2, 0.25) is 5.88 Å². The summed E-state index contributed by atoms with van der Waals surface area (Å²) in [4.78, 5) is 16.2. The Balaban J connectivity index is 2.16. The third-order valence-corrected chi connectivity index (χ3v) is 3.00. The molecule has 0 aliphatic rings. The fourth-order valence-corrected chi connectivity index (χ4v) is 2.01. The fourth-order valence-electron chi connectivity index (χ4n) is 1.78. The van der Waals surface area contributed by atoms with Crippen molar-refractivity contribution in [2.45, 2.75) is 13.5 Å². The predicted octanol–water partition coefficient (Wildman–Crippen LogP) is 3.99. The number of pyridine rings is 1. The van der Waals surface area contributed by atoms with Crippen molar-refractivity contribution < 1.29 is 23.0 Å². The molecule has 0 saturated carbocycles. The Kier molecular flexibility index (Phi) is 5.70. The van der Waals surface area contributed by atoms with E-state index in [0.29, 0.717) is 12.3 Å². The molecule has 1 N–H and O–H groups in total. The van der Waals surface area contributed by atoms with E-state index in [9.17, 15) is 13.6 Å². The second-order valence-corrected chi connectivity index (χ2v) is 4.67. The van der Waals surface area contributed by atoms with Crippen LogP contribution in [-0.2, 0) is 0 Å². The zero-order chi connectivity index (χ0) is 16.8. The second kappa shape index (κ2) is 7.73. The molecule has 0 atom stereocenters. The zero-order valence-electron chi connectivity index (χ0n) is 12.1. The summed E-state index contributed by atoms with van der Waals surface area (Å²) in [7, 11) is 0. The van der Waals surface area contributed by atoms with Crippen LogP contribution < -0.4 is 14.8 Å². The first kappa shape index (κ1) is 17.0. The molecule has 1 heterocycles. The number of nitrogens with one attached hydrogen (secondary N) is 1. The molecule has 0 fully saturated rings. The van der Waals surface area contributed by atoms with E-state index in [-0.39, 0.29) is 22.2 Å². The molecule has 0 aliphatic heterocycles. The Bertz CT molecular complexity index is 698. The number of ether oxygens (including phenoxy) is 2. The number of carbonyl (C=O) groups is 1. The molecular formula is C15H13ClF2N2O3. The zero-order valence-corrected chi connectivity index (χ0v) is 12.8. The highest BCUT2D eigenvalue weighted by Gasteiger charge is 2.15. The Morgan fingerprint density at radius 3 is 2.83 bits per heavy atom. The quantitative estimate of drug-likeness (QED) is 0.862. The number of alkyl halides is 2. The van der Waals surface area contributed by atoms with E-state index in [1.165, 1.54) is 24.4 Å². The Hall–Kier alpha value is -2.41. The van der Waals surface area contributed by atoms with E-state index in [1.54, 1.807) is 19.1 Å². The smallest absolute Gasteiger partial charge is 0.387 e. The van der Waals surface area contributed by atoms with Crippen LogP contribution >= 0.6 is 11.6 Å². The average molecular weight is 343 g/mol. The first-order chi connectivity index (χ1) is 11.0. The minimum Gasteiger partial charge on any atom is -0.477 e. The molecular weight excluding hydrogens is 330 g/mol. The number of carbonyl (C=O) groups excluding carboxylic acids is 1. The summed E-state index contributed by atoms with van der Waals surface area (Å²) in [6, 6.07) is 7.12. The third-order valence-electron chi connectivity index (χ3n) is 2.70. The van der Waals surface area contributed by atoms with Gasteiger partial charge in [-0.15, -0.1) is 0 Å². The molecule has 0 bridgehead atoms. The minimum absolute atomic E-state index is 0.0423. The maximum atomic E-state index is 12.3. The van der Waals surface area contributed by atoms with E-state index in [2.05, 4.69) is 15.0 Å². The first-order valence-electron chi connectivity index (χ1n) is 6.64. The van der Waals surface area contributed by atoms with Gasteiger partial charge in [-0.2, -0.15) is 8.78 Å². The van der Waals surface area contributed by atoms with Gasteiger partial charge in [0.25, 0.3) is 5.91 Å². The predicted molar refractivity (Wildman–Crippen MR) is 81.4 cm³/mol. The number of nitrogens with zero attached hydrogens (tertiary/aromatic N) is 1. The molecule has 8 heteroatoms. The van der Waals surface area contributed by atoms with E-state index in [0.717, 1.165) is 0 Å². The highest BCUT2D eigenvalue weighted by Crippen LogP contribution is 2.29. The summed E-state index contributed by atoms with van der Waals surface area (Å²) >= 11 is 5.84. The van der Waals surface area contributed by atoms with Crippen LogP contribution in [0, 0.1) is 0 Å². The Labute approximate surface area is 136 Å². The highest BCUT2D eigenvalue weighted by atomic mass is 35.5. The van der Waals surface area contributed by atoms with Crippen molar-refractivity contribution in [1.82, 2.24) is 4.98 Å². The van der Waals surface area contributed by atoms with E-state index in [4.69, 9.17) is 16.3 Å². The monoisotopic (exact) mass is 342 g/mol. The third kappa shape index (κ3) is 4.53. The summed E-state index contributed by atoms with van der Waals surface area (Å²) in [5.74, 6) is -0.424. The Morgan fingerprint density at radius 2 is 2.17 bits per heavy atom. The standard InChI is InChI=1S/C15H13ClF2N2O3/c1-2-22-14-10(4-3-7-19-14)13(21)20-9-5-6-12(11(16)8-9)23-15(17)18/h3-8,15H,2H2,1H3,(H,20,21). The van der Waals surface area contributed by atoms with Crippen molar-refractivity contribution in [2.24, 2.45) is 0 Å². The van der Waals surface area contributed by atoms with Gasteiger partial charge in [0.1, 0.15) is 11.3 Å². The number of hydrogen-bond donors (Lipinski definition) is 1. The van der Waals surface area contributed by atoms with Crippen LogP contribution in [0.1, 0.15) is 17.3 Å². The normalized spacial score (nSPS) is 10.5. The molecule has 2 aromatic rings. The van der Waals surface area contributed by atoms with Crippen LogP contribution in [0.15, 0.2) is 36.5 Å². The van der Waals surface area contributed by atoms with Gasteiger partial charge in [-0.1, -0.05) is 11.6 Å². The lowest BCUT2D eigenvalue weighted by molar-refractivity contribution is -0.0497. The van der Waals surface area contributed by atoms with Gasteiger partial charge in [-0.25, -0.2) is 4.98 Å². The van der Waals surface area contributed by atoms with Gasteiger partial charge in [-0.3, -0.25) is 4.79 Å². The van der Waals surface area contributed by atoms with Crippen molar-refractivity contribution in [1.29, 1.82) is 0 Å². The molecule has 23 heavy (non-hydrogen) atoms. The molecule has 1 aromatic carbocycles. The van der Waals surface area contributed by atoms with Crippen LogP contribution in [0.4, 0.5) is 14.5 Å². The van der Waals surface area contributed by atoms with Gasteiger partial charge >= 0.3 is 6.61 Å². The van der Waals surface area contributed by atoms with Gasteiger partial charge < -0.3 is 14.8 Å². The molecule has 0 unspecified atom stereocenters. The molecule has 2 rings (SSSR count). The lowest BCUT2D eigenvalue weighted by atomic mass is 10.2. The largest absolute Gasteiger partial charge is 0.477 e. The van der Waals surface area contributed by atoms with E-state index in [1.807, 2.05) is 0 Å². The van der Waals surface area contributed by atoms with Crippen molar-refractivity contribution in [3.05, 3.63) is 47.1 Å². The van der Waals surface area contributed by atoms with E-state index >= 15 is 0 Å². The first-order valence-corrected chi connectivity index (χ1v) is 7.02. The molecule has 1 aromatic heterocycles. The van der Waals surface area contributed by atoms with Crippen LogP contribution in [-0.4, -0.2) is 24.1 Å². The summed E-state index contributed by atoms with van der Waals surface area (Å²) in [5, 5.41) is 2.55. The van der Waals surface area contributed by atoms with Gasteiger partial charge in [-0.05, 0) is 37.3 Å². The van der Waals surface area contributed by atoms with Gasteiger partial charge in [0.15, 0.2) is 0 Å². The number of amides is 1. The number of hydrogen-bond acceptors (Lipinski definition) is 4. The lowest BCUT2D eigenvalue weighted by Crippen LogP contribution is -2.14. The van der Waals surface area contributed by atoms with Crippen molar-refractivity contribution in [2.75, 3.05) is 11.9 Å². The van der Waals surface area contributed by atoms with Gasteiger partial charge in [0, 0.05) is 11.9 Å². The number of halogens is 3. The van der Waals surface area contributed by atoms with Crippen molar-refractivity contribution in [3.8, 4) is 11.6 Å². The highest BCUT2D eigenvalue weighted by molar-refractivity contribution is 6.32. The molecule has 122 valence electrons. The second-order valence-electron chi connectivity index (χ2n) is 4.27. The topological polar surface area (TPSA) is 60.5 Å².